The molecule has 2 amide bonds. The number of nitrogens with one attached hydrogen (secondary N) is 2. The SMILES string of the molecule is CNC(=O)CC1(CNC(=O)C2OCCc3ccccc32)CCCCC1. The standard InChI is InChI=1S/C20H28N2O3/c1-21-17(23)13-20(10-5-2-6-11-20)14-22-19(24)18-16-8-4-3-7-15(16)9-12-25-18/h3-4,7-8,18H,2,5-6,9-14H2,1H3,(H,21,23)(H,22,24). The summed E-state index contributed by atoms with van der Waals surface area (Å²) in [4.78, 5) is 24.7. The third kappa shape index (κ3) is 4.21. The van der Waals surface area contributed by atoms with E-state index >= 15 is 0 Å². The van der Waals surface area contributed by atoms with E-state index in [0.717, 1.165) is 37.7 Å². The minimum absolute atomic E-state index is 0.0513. The molecule has 25 heavy (non-hydrogen) atoms. The van der Waals surface area contributed by atoms with Gasteiger partial charge in [-0.1, -0.05) is 43.5 Å². The van der Waals surface area contributed by atoms with E-state index in [9.17, 15) is 9.59 Å². The maximum atomic E-state index is 12.8. The molecule has 5 heteroatoms. The molecule has 3 rings (SSSR count). The molecule has 1 saturated carbocycles. The number of rotatable bonds is 5. The van der Waals surface area contributed by atoms with Gasteiger partial charge in [0.25, 0.3) is 5.91 Å². The quantitative estimate of drug-likeness (QED) is 0.862. The second-order valence-corrected chi connectivity index (χ2v) is 7.33. The monoisotopic (exact) mass is 344 g/mol. The van der Waals surface area contributed by atoms with Crippen molar-refractivity contribution >= 4 is 11.8 Å². The highest BCUT2D eigenvalue weighted by Crippen LogP contribution is 2.39. The Hall–Kier alpha value is -1.88. The number of carbonyl (C=O) groups is 2. The van der Waals surface area contributed by atoms with Gasteiger partial charge in [0, 0.05) is 20.0 Å². The van der Waals surface area contributed by atoms with Gasteiger partial charge in [-0.15, -0.1) is 0 Å². The minimum Gasteiger partial charge on any atom is -0.363 e. The molecular formula is C20H28N2O3. The summed E-state index contributed by atoms with van der Waals surface area (Å²) in [6.07, 6.45) is 6.22. The first-order valence-electron chi connectivity index (χ1n) is 9.31. The second-order valence-electron chi connectivity index (χ2n) is 7.33. The Labute approximate surface area is 149 Å². The van der Waals surface area contributed by atoms with Crippen molar-refractivity contribution in [3.05, 3.63) is 35.4 Å². The van der Waals surface area contributed by atoms with E-state index in [1.807, 2.05) is 18.2 Å². The number of benzene rings is 1. The summed E-state index contributed by atoms with van der Waals surface area (Å²) >= 11 is 0. The van der Waals surface area contributed by atoms with Crippen LogP contribution in [0.1, 0.15) is 55.8 Å². The molecular weight excluding hydrogens is 316 g/mol. The molecule has 5 nitrogen and oxygen atoms in total. The summed E-state index contributed by atoms with van der Waals surface area (Å²) in [6, 6.07) is 7.98. The first-order chi connectivity index (χ1) is 12.1. The largest absolute Gasteiger partial charge is 0.363 e. The van der Waals surface area contributed by atoms with Crippen molar-refractivity contribution in [1.29, 1.82) is 0 Å². The smallest absolute Gasteiger partial charge is 0.253 e. The van der Waals surface area contributed by atoms with Gasteiger partial charge in [-0.2, -0.15) is 0 Å². The van der Waals surface area contributed by atoms with Gasteiger partial charge < -0.3 is 15.4 Å². The molecule has 1 atom stereocenters. The van der Waals surface area contributed by atoms with Crippen molar-refractivity contribution in [1.82, 2.24) is 10.6 Å². The van der Waals surface area contributed by atoms with E-state index in [4.69, 9.17) is 4.74 Å². The molecule has 0 radical (unpaired) electrons. The van der Waals surface area contributed by atoms with Gasteiger partial charge >= 0.3 is 0 Å². The fraction of sp³-hybridized carbons (Fsp3) is 0.600. The van der Waals surface area contributed by atoms with E-state index in [1.54, 1.807) is 7.05 Å². The van der Waals surface area contributed by atoms with Gasteiger partial charge in [-0.25, -0.2) is 0 Å². The Morgan fingerprint density at radius 2 is 1.96 bits per heavy atom. The van der Waals surface area contributed by atoms with Crippen LogP contribution in [-0.2, 0) is 20.7 Å². The number of hydrogen-bond acceptors (Lipinski definition) is 3. The van der Waals surface area contributed by atoms with Crippen molar-refractivity contribution < 1.29 is 14.3 Å². The molecule has 0 aromatic heterocycles. The minimum atomic E-state index is -0.536. The van der Waals surface area contributed by atoms with Crippen LogP contribution in [0.15, 0.2) is 24.3 Å². The molecule has 136 valence electrons. The average Bonchev–Trinajstić information content (AvgIpc) is 2.66. The van der Waals surface area contributed by atoms with E-state index in [1.165, 1.54) is 12.0 Å². The first kappa shape index (κ1) is 17.9. The lowest BCUT2D eigenvalue weighted by molar-refractivity contribution is -0.135. The van der Waals surface area contributed by atoms with Gasteiger partial charge in [0.1, 0.15) is 0 Å². The number of ether oxygens (including phenoxy) is 1. The molecule has 0 saturated heterocycles. The van der Waals surface area contributed by atoms with Gasteiger partial charge in [0.15, 0.2) is 6.10 Å². The summed E-state index contributed by atoms with van der Waals surface area (Å²) < 4.78 is 5.75. The molecule has 2 aliphatic rings. The van der Waals surface area contributed by atoms with Crippen LogP contribution in [0.3, 0.4) is 0 Å². The van der Waals surface area contributed by atoms with Crippen LogP contribution in [0.25, 0.3) is 0 Å². The van der Waals surface area contributed by atoms with Crippen LogP contribution >= 0.6 is 0 Å². The zero-order valence-electron chi connectivity index (χ0n) is 15.0. The highest BCUT2D eigenvalue weighted by atomic mass is 16.5. The highest BCUT2D eigenvalue weighted by molar-refractivity contribution is 5.83. The Bertz CT molecular complexity index is 623. The van der Waals surface area contributed by atoms with Crippen LogP contribution in [-0.4, -0.2) is 32.0 Å². The second kappa shape index (κ2) is 8.00. The summed E-state index contributed by atoms with van der Waals surface area (Å²) in [5.41, 5.74) is 2.03. The van der Waals surface area contributed by atoms with Crippen molar-refractivity contribution in [2.24, 2.45) is 5.41 Å². The van der Waals surface area contributed by atoms with E-state index in [2.05, 4.69) is 16.7 Å². The van der Waals surface area contributed by atoms with E-state index in [-0.39, 0.29) is 17.2 Å². The zero-order chi connectivity index (χ0) is 17.7. The Morgan fingerprint density at radius 1 is 1.20 bits per heavy atom. The van der Waals surface area contributed by atoms with Crippen molar-refractivity contribution in [2.45, 2.75) is 51.0 Å². The highest BCUT2D eigenvalue weighted by Gasteiger charge is 2.36. The summed E-state index contributed by atoms with van der Waals surface area (Å²) in [5.74, 6) is -0.0376. The average molecular weight is 344 g/mol. The fourth-order valence-electron chi connectivity index (χ4n) is 4.13. The van der Waals surface area contributed by atoms with Crippen molar-refractivity contribution in [3.63, 3.8) is 0 Å². The fourth-order valence-corrected chi connectivity index (χ4v) is 4.13. The van der Waals surface area contributed by atoms with Crippen molar-refractivity contribution in [3.8, 4) is 0 Å². The van der Waals surface area contributed by atoms with Gasteiger partial charge in [-0.05, 0) is 35.8 Å². The molecule has 1 aliphatic heterocycles. The summed E-state index contributed by atoms with van der Waals surface area (Å²) in [6.45, 7) is 1.11. The van der Waals surface area contributed by atoms with Crippen LogP contribution in [0.4, 0.5) is 0 Å². The number of amides is 2. The first-order valence-corrected chi connectivity index (χ1v) is 9.31. The zero-order valence-corrected chi connectivity index (χ0v) is 15.0. The summed E-state index contributed by atoms with van der Waals surface area (Å²) in [5, 5.41) is 5.81. The predicted octanol–water partition coefficient (Wildman–Crippen LogP) is 2.50. The molecule has 1 fully saturated rings. The van der Waals surface area contributed by atoms with E-state index in [0.29, 0.717) is 19.6 Å². The number of hydrogen-bond donors (Lipinski definition) is 2. The molecule has 1 aromatic carbocycles. The molecule has 2 N–H and O–H groups in total. The summed E-state index contributed by atoms with van der Waals surface area (Å²) in [7, 11) is 1.67. The van der Waals surface area contributed by atoms with Gasteiger partial charge in [0.05, 0.1) is 6.61 Å². The van der Waals surface area contributed by atoms with Gasteiger partial charge in [0.2, 0.25) is 5.91 Å². The van der Waals surface area contributed by atoms with Crippen molar-refractivity contribution in [2.75, 3.05) is 20.2 Å². The molecule has 1 heterocycles. The third-order valence-electron chi connectivity index (χ3n) is 5.60. The molecule has 0 bridgehead atoms. The number of carbonyl (C=O) groups excluding carboxylic acids is 2. The van der Waals surface area contributed by atoms with Crippen LogP contribution in [0.5, 0.6) is 0 Å². The molecule has 1 aromatic rings. The van der Waals surface area contributed by atoms with Crippen LogP contribution < -0.4 is 10.6 Å². The molecule has 1 unspecified atom stereocenters. The van der Waals surface area contributed by atoms with Crippen LogP contribution in [0, 0.1) is 5.41 Å². The number of fused-ring (bicyclic) bond motifs is 1. The Balaban J connectivity index is 1.67. The maximum absolute atomic E-state index is 12.8. The third-order valence-corrected chi connectivity index (χ3v) is 5.60. The normalized spacial score (nSPS) is 21.9. The molecule has 0 spiro atoms. The lowest BCUT2D eigenvalue weighted by Crippen LogP contribution is -2.44. The molecule has 1 aliphatic carbocycles. The lowest BCUT2D eigenvalue weighted by Gasteiger charge is -2.37. The predicted molar refractivity (Wildman–Crippen MR) is 96.1 cm³/mol. The lowest BCUT2D eigenvalue weighted by atomic mass is 9.71. The van der Waals surface area contributed by atoms with E-state index < -0.39 is 6.10 Å². The maximum Gasteiger partial charge on any atom is 0.253 e. The van der Waals surface area contributed by atoms with Crippen LogP contribution in [0.2, 0.25) is 0 Å². The van der Waals surface area contributed by atoms with Gasteiger partial charge in [-0.3, -0.25) is 9.59 Å². The Morgan fingerprint density at radius 3 is 2.72 bits per heavy atom. The Kier molecular flexibility index (Phi) is 5.74. The topological polar surface area (TPSA) is 67.4 Å².